The Hall–Kier alpha value is -1.64. The molecule has 0 radical (unpaired) electrons. The first-order valence-electron chi connectivity index (χ1n) is 5.99. The van der Waals surface area contributed by atoms with Crippen molar-refractivity contribution < 1.29 is 0 Å². The van der Waals surface area contributed by atoms with Crippen LogP contribution in [0.1, 0.15) is 50.7 Å². The minimum absolute atomic E-state index is 0.591. The Bertz CT molecular complexity index is 391. The van der Waals surface area contributed by atoms with Gasteiger partial charge in [-0.3, -0.25) is 10.1 Å². The van der Waals surface area contributed by atoms with Crippen LogP contribution in [0.25, 0.3) is 0 Å². The predicted molar refractivity (Wildman–Crippen MR) is 71.0 cm³/mol. The van der Waals surface area contributed by atoms with Gasteiger partial charge in [-0.2, -0.15) is 5.10 Å². The van der Waals surface area contributed by atoms with Crippen LogP contribution in [-0.4, -0.2) is 15.2 Å². The van der Waals surface area contributed by atoms with Gasteiger partial charge in [-0.1, -0.05) is 27.7 Å². The molecule has 0 saturated carbocycles. The molecule has 3 nitrogen and oxygen atoms in total. The molecule has 2 heterocycles. The summed E-state index contributed by atoms with van der Waals surface area (Å²) in [5.74, 6) is 1.21. The van der Waals surface area contributed by atoms with E-state index in [0.717, 1.165) is 0 Å². The van der Waals surface area contributed by atoms with E-state index in [-0.39, 0.29) is 0 Å². The van der Waals surface area contributed by atoms with Gasteiger partial charge in [0.15, 0.2) is 0 Å². The van der Waals surface area contributed by atoms with Gasteiger partial charge in [-0.25, -0.2) is 0 Å². The molecule has 0 aliphatic rings. The van der Waals surface area contributed by atoms with Crippen molar-refractivity contribution in [3.63, 3.8) is 0 Å². The first-order chi connectivity index (χ1) is 8.11. The molecule has 0 atom stereocenters. The second-order valence-electron chi connectivity index (χ2n) is 4.62. The molecule has 0 aromatic carbocycles. The smallest absolute Gasteiger partial charge is 0.0521 e. The van der Waals surface area contributed by atoms with Crippen LogP contribution in [0.15, 0.2) is 36.9 Å². The first-order valence-corrected chi connectivity index (χ1v) is 5.99. The molecule has 0 aliphatic carbocycles. The van der Waals surface area contributed by atoms with E-state index in [9.17, 15) is 0 Å². The zero-order valence-electron chi connectivity index (χ0n) is 11.0. The van der Waals surface area contributed by atoms with E-state index in [4.69, 9.17) is 0 Å². The van der Waals surface area contributed by atoms with Gasteiger partial charge in [0.2, 0.25) is 0 Å². The van der Waals surface area contributed by atoms with Gasteiger partial charge in [0.05, 0.1) is 6.20 Å². The van der Waals surface area contributed by atoms with E-state index in [2.05, 4.69) is 42.9 Å². The number of aromatic amines is 1. The van der Waals surface area contributed by atoms with Crippen molar-refractivity contribution in [2.75, 3.05) is 0 Å². The summed E-state index contributed by atoms with van der Waals surface area (Å²) in [5.41, 5.74) is 2.62. The number of H-pyrrole nitrogens is 1. The van der Waals surface area contributed by atoms with Gasteiger partial charge in [-0.15, -0.1) is 0 Å². The monoisotopic (exact) mass is 231 g/mol. The lowest BCUT2D eigenvalue weighted by molar-refractivity contribution is 0.863. The number of rotatable bonds is 2. The minimum Gasteiger partial charge on any atom is -0.285 e. The summed E-state index contributed by atoms with van der Waals surface area (Å²) in [6.45, 7) is 8.64. The Morgan fingerprint density at radius 2 is 1.53 bits per heavy atom. The number of hydrogen-bond acceptors (Lipinski definition) is 2. The van der Waals surface area contributed by atoms with E-state index in [1.54, 1.807) is 0 Å². The van der Waals surface area contributed by atoms with Crippen molar-refractivity contribution in [1.29, 1.82) is 0 Å². The fourth-order valence-electron chi connectivity index (χ4n) is 1.32. The van der Waals surface area contributed by atoms with Crippen molar-refractivity contribution >= 4 is 0 Å². The molecule has 1 N–H and O–H groups in total. The topological polar surface area (TPSA) is 41.6 Å². The van der Waals surface area contributed by atoms with E-state index in [1.807, 2.05) is 36.9 Å². The van der Waals surface area contributed by atoms with Crippen LogP contribution in [0, 0.1) is 0 Å². The van der Waals surface area contributed by atoms with Crippen LogP contribution in [-0.2, 0) is 0 Å². The fraction of sp³-hybridized carbons (Fsp3) is 0.429. The number of aromatic nitrogens is 3. The SMILES string of the molecule is CC(C)c1ccncc1.CC(C)c1cn[nH]c1. The van der Waals surface area contributed by atoms with Crippen molar-refractivity contribution in [3.8, 4) is 0 Å². The molecule has 0 spiro atoms. The minimum atomic E-state index is 0.591. The fourth-order valence-corrected chi connectivity index (χ4v) is 1.32. The Balaban J connectivity index is 0.000000171. The number of hydrogen-bond donors (Lipinski definition) is 1. The third kappa shape index (κ3) is 4.81. The maximum atomic E-state index is 3.93. The number of pyridine rings is 1. The van der Waals surface area contributed by atoms with E-state index < -0.39 is 0 Å². The number of nitrogens with zero attached hydrogens (tertiary/aromatic N) is 2. The molecule has 0 amide bonds. The first kappa shape index (κ1) is 13.4. The van der Waals surface area contributed by atoms with Crippen LogP contribution in [0.5, 0.6) is 0 Å². The van der Waals surface area contributed by atoms with Crippen molar-refractivity contribution in [1.82, 2.24) is 15.2 Å². The lowest BCUT2D eigenvalue weighted by Gasteiger charge is -2.01. The maximum absolute atomic E-state index is 3.93. The second-order valence-corrected chi connectivity index (χ2v) is 4.62. The Morgan fingerprint density at radius 1 is 0.941 bits per heavy atom. The molecule has 0 unspecified atom stereocenters. The summed E-state index contributed by atoms with van der Waals surface area (Å²) in [5, 5.41) is 6.58. The lowest BCUT2D eigenvalue weighted by atomic mass is 10.1. The largest absolute Gasteiger partial charge is 0.285 e. The molecule has 17 heavy (non-hydrogen) atoms. The molecule has 0 fully saturated rings. The Kier molecular flexibility index (Phi) is 5.40. The molecule has 0 saturated heterocycles. The summed E-state index contributed by atoms with van der Waals surface area (Å²) in [4.78, 5) is 3.93. The Labute approximate surface area is 103 Å². The quantitative estimate of drug-likeness (QED) is 0.855. The van der Waals surface area contributed by atoms with Crippen LogP contribution in [0.3, 0.4) is 0 Å². The normalized spacial score (nSPS) is 10.2. The highest BCUT2D eigenvalue weighted by molar-refractivity contribution is 5.13. The molecule has 2 aromatic heterocycles. The van der Waals surface area contributed by atoms with Gasteiger partial charge in [0.25, 0.3) is 0 Å². The summed E-state index contributed by atoms with van der Waals surface area (Å²) >= 11 is 0. The number of nitrogens with one attached hydrogen (secondary N) is 1. The van der Waals surface area contributed by atoms with E-state index >= 15 is 0 Å². The molecular formula is C14H21N3. The summed E-state index contributed by atoms with van der Waals surface area (Å²) in [7, 11) is 0. The van der Waals surface area contributed by atoms with Crippen molar-refractivity contribution in [3.05, 3.63) is 48.0 Å². The van der Waals surface area contributed by atoms with Crippen molar-refractivity contribution in [2.24, 2.45) is 0 Å². The van der Waals surface area contributed by atoms with E-state index in [0.29, 0.717) is 11.8 Å². The molecule has 3 heteroatoms. The second kappa shape index (κ2) is 6.84. The molecule has 0 aliphatic heterocycles. The molecule has 2 rings (SSSR count). The van der Waals surface area contributed by atoms with Crippen LogP contribution < -0.4 is 0 Å². The van der Waals surface area contributed by atoms with Gasteiger partial charge >= 0.3 is 0 Å². The van der Waals surface area contributed by atoms with Gasteiger partial charge in [-0.05, 0) is 35.1 Å². The summed E-state index contributed by atoms with van der Waals surface area (Å²) < 4.78 is 0. The standard InChI is InChI=1S/C8H11N.C6H10N2/c1-7(2)8-3-5-9-6-4-8;1-5(2)6-3-7-8-4-6/h3-7H,1-2H3;3-5H,1-2H3,(H,7,8). The average molecular weight is 231 g/mol. The van der Waals surface area contributed by atoms with Gasteiger partial charge in [0, 0.05) is 18.6 Å². The highest BCUT2D eigenvalue weighted by Gasteiger charge is 1.96. The predicted octanol–water partition coefficient (Wildman–Crippen LogP) is 3.74. The van der Waals surface area contributed by atoms with Crippen LogP contribution in [0.2, 0.25) is 0 Å². The van der Waals surface area contributed by atoms with Gasteiger partial charge in [0.1, 0.15) is 0 Å². The molecule has 0 bridgehead atoms. The Morgan fingerprint density at radius 3 is 1.82 bits per heavy atom. The summed E-state index contributed by atoms with van der Waals surface area (Å²) in [6.07, 6.45) is 7.43. The molecule has 92 valence electrons. The zero-order chi connectivity index (χ0) is 12.7. The third-order valence-electron chi connectivity index (χ3n) is 2.56. The van der Waals surface area contributed by atoms with Gasteiger partial charge < -0.3 is 0 Å². The van der Waals surface area contributed by atoms with Crippen LogP contribution in [0.4, 0.5) is 0 Å². The zero-order valence-corrected chi connectivity index (χ0v) is 11.0. The maximum Gasteiger partial charge on any atom is 0.0521 e. The third-order valence-corrected chi connectivity index (χ3v) is 2.56. The molecular weight excluding hydrogens is 210 g/mol. The lowest BCUT2D eigenvalue weighted by Crippen LogP contribution is -1.85. The van der Waals surface area contributed by atoms with E-state index in [1.165, 1.54) is 11.1 Å². The van der Waals surface area contributed by atoms with Crippen molar-refractivity contribution in [2.45, 2.75) is 39.5 Å². The summed E-state index contributed by atoms with van der Waals surface area (Å²) in [6, 6.07) is 4.09. The highest BCUT2D eigenvalue weighted by Crippen LogP contribution is 2.10. The molecule has 2 aromatic rings. The highest BCUT2D eigenvalue weighted by atomic mass is 15.1. The van der Waals surface area contributed by atoms with Crippen LogP contribution >= 0.6 is 0 Å². The average Bonchev–Trinajstić information content (AvgIpc) is 2.84.